The monoisotopic (exact) mass is 323 g/mol. The third-order valence-electron chi connectivity index (χ3n) is 3.55. The molecule has 1 aromatic carbocycles. The van der Waals surface area contributed by atoms with E-state index < -0.39 is 0 Å². The maximum Gasteiger partial charge on any atom is 0.167 e. The molecule has 4 heteroatoms. The van der Waals surface area contributed by atoms with Gasteiger partial charge < -0.3 is 4.74 Å². The first-order valence-electron chi connectivity index (χ1n) is 6.64. The summed E-state index contributed by atoms with van der Waals surface area (Å²) in [4.78, 5) is 4.19. The van der Waals surface area contributed by atoms with E-state index in [2.05, 4.69) is 20.9 Å². The minimum Gasteiger partial charge on any atom is -0.487 e. The van der Waals surface area contributed by atoms with Crippen molar-refractivity contribution in [1.29, 1.82) is 0 Å². The molecule has 2 aromatic rings. The zero-order valence-corrected chi connectivity index (χ0v) is 12.1. The number of rotatable bonds is 2. The molecule has 0 saturated heterocycles. The topological polar surface area (TPSA) is 22.1 Å². The number of pyridine rings is 1. The first-order valence-corrected chi connectivity index (χ1v) is 7.43. The normalized spacial score (nSPS) is 16.7. The van der Waals surface area contributed by atoms with Crippen molar-refractivity contribution in [2.45, 2.75) is 38.2 Å². The van der Waals surface area contributed by atoms with Crippen LogP contribution in [0.25, 0.3) is 10.9 Å². The Bertz CT molecular complexity index is 596. The van der Waals surface area contributed by atoms with Gasteiger partial charge in [-0.25, -0.2) is 4.39 Å². The van der Waals surface area contributed by atoms with Crippen LogP contribution in [-0.4, -0.2) is 11.1 Å². The predicted octanol–water partition coefficient (Wildman–Crippen LogP) is 4.85. The summed E-state index contributed by atoms with van der Waals surface area (Å²) in [6.45, 7) is 0. The van der Waals surface area contributed by atoms with Gasteiger partial charge in [0.05, 0.1) is 11.6 Å². The minimum absolute atomic E-state index is 0.154. The molecule has 0 aliphatic heterocycles. The fraction of sp³-hybridized carbons (Fsp3) is 0.400. The molecule has 3 rings (SSSR count). The van der Waals surface area contributed by atoms with Crippen molar-refractivity contribution in [3.8, 4) is 5.75 Å². The highest BCUT2D eigenvalue weighted by molar-refractivity contribution is 9.10. The summed E-state index contributed by atoms with van der Waals surface area (Å²) in [7, 11) is 0. The van der Waals surface area contributed by atoms with Crippen molar-refractivity contribution < 1.29 is 9.13 Å². The number of halogens is 2. The molecular formula is C15H15BrFNO. The van der Waals surface area contributed by atoms with E-state index in [0.717, 1.165) is 22.7 Å². The maximum absolute atomic E-state index is 14.0. The van der Waals surface area contributed by atoms with Crippen LogP contribution in [-0.2, 0) is 0 Å². The molecule has 1 saturated carbocycles. The highest BCUT2D eigenvalue weighted by atomic mass is 79.9. The zero-order valence-electron chi connectivity index (χ0n) is 10.5. The molecule has 1 fully saturated rings. The summed E-state index contributed by atoms with van der Waals surface area (Å²) in [5, 5.41) is 0.890. The molecule has 0 radical (unpaired) electrons. The van der Waals surface area contributed by atoms with Crippen molar-refractivity contribution in [3.05, 3.63) is 34.7 Å². The number of benzene rings is 1. The Kier molecular flexibility index (Phi) is 3.69. The summed E-state index contributed by atoms with van der Waals surface area (Å²) in [6.07, 6.45) is 7.48. The minimum atomic E-state index is -0.326. The predicted molar refractivity (Wildman–Crippen MR) is 76.9 cm³/mol. The molecule has 0 amide bonds. The van der Waals surface area contributed by atoms with Gasteiger partial charge in [0.1, 0.15) is 0 Å². The van der Waals surface area contributed by atoms with E-state index in [1.54, 1.807) is 12.3 Å². The Balaban J connectivity index is 1.91. The summed E-state index contributed by atoms with van der Waals surface area (Å²) in [5.74, 6) is 0.0206. The fourth-order valence-corrected chi connectivity index (χ4v) is 2.90. The van der Waals surface area contributed by atoms with E-state index in [4.69, 9.17) is 4.74 Å². The number of nitrogens with zero attached hydrogens (tertiary/aromatic N) is 1. The molecule has 0 N–H and O–H groups in total. The van der Waals surface area contributed by atoms with E-state index in [1.807, 2.05) is 6.07 Å². The van der Waals surface area contributed by atoms with Crippen molar-refractivity contribution in [2.24, 2.45) is 0 Å². The van der Waals surface area contributed by atoms with E-state index in [0.29, 0.717) is 11.3 Å². The van der Waals surface area contributed by atoms with Gasteiger partial charge in [-0.1, -0.05) is 6.42 Å². The Hall–Kier alpha value is -1.16. The van der Waals surface area contributed by atoms with Crippen LogP contribution in [0.2, 0.25) is 0 Å². The first-order chi connectivity index (χ1) is 9.22. The third-order valence-corrected chi connectivity index (χ3v) is 3.98. The number of hydrogen-bond donors (Lipinski definition) is 0. The van der Waals surface area contributed by atoms with E-state index in [1.165, 1.54) is 25.3 Å². The second-order valence-electron chi connectivity index (χ2n) is 5.01. The highest BCUT2D eigenvalue weighted by Crippen LogP contribution is 2.29. The van der Waals surface area contributed by atoms with Crippen LogP contribution in [0, 0.1) is 5.82 Å². The number of hydrogen-bond acceptors (Lipinski definition) is 2. The lowest BCUT2D eigenvalue weighted by atomic mass is 9.98. The van der Waals surface area contributed by atoms with E-state index >= 15 is 0 Å². The maximum atomic E-state index is 14.0. The molecule has 0 unspecified atom stereocenters. The molecular weight excluding hydrogens is 309 g/mol. The quantitative estimate of drug-likeness (QED) is 0.788. The molecule has 0 atom stereocenters. The van der Waals surface area contributed by atoms with Crippen LogP contribution in [0.5, 0.6) is 5.75 Å². The molecule has 0 bridgehead atoms. The second kappa shape index (κ2) is 5.45. The van der Waals surface area contributed by atoms with Gasteiger partial charge in [0, 0.05) is 22.1 Å². The van der Waals surface area contributed by atoms with Gasteiger partial charge in [0.25, 0.3) is 0 Å². The molecule has 1 aromatic heterocycles. The number of aromatic nitrogens is 1. The molecule has 1 aliphatic carbocycles. The van der Waals surface area contributed by atoms with Crippen molar-refractivity contribution in [1.82, 2.24) is 4.98 Å². The van der Waals surface area contributed by atoms with Crippen molar-refractivity contribution in [3.63, 3.8) is 0 Å². The highest BCUT2D eigenvalue weighted by Gasteiger charge is 2.17. The largest absolute Gasteiger partial charge is 0.487 e. The molecule has 100 valence electrons. The first kappa shape index (κ1) is 12.9. The molecule has 19 heavy (non-hydrogen) atoms. The summed E-state index contributed by atoms with van der Waals surface area (Å²) < 4.78 is 20.7. The third kappa shape index (κ3) is 2.89. The Labute approximate surface area is 120 Å². The lowest BCUT2D eigenvalue weighted by Crippen LogP contribution is -2.20. The van der Waals surface area contributed by atoms with Crippen LogP contribution < -0.4 is 4.74 Å². The second-order valence-corrected chi connectivity index (χ2v) is 5.92. The SMILES string of the molecule is Fc1cc2ncc(Br)cc2cc1OC1CCCCC1. The van der Waals surface area contributed by atoms with Crippen molar-refractivity contribution >= 4 is 26.8 Å². The average Bonchev–Trinajstić information content (AvgIpc) is 2.41. The summed E-state index contributed by atoms with van der Waals surface area (Å²) in [5.41, 5.74) is 0.650. The van der Waals surface area contributed by atoms with Crippen LogP contribution in [0.3, 0.4) is 0 Å². The lowest BCUT2D eigenvalue weighted by Gasteiger charge is -2.23. The molecule has 2 nitrogen and oxygen atoms in total. The Morgan fingerprint density at radius 2 is 1.95 bits per heavy atom. The van der Waals surface area contributed by atoms with Crippen molar-refractivity contribution in [2.75, 3.05) is 0 Å². The van der Waals surface area contributed by atoms with E-state index in [9.17, 15) is 4.39 Å². The van der Waals surface area contributed by atoms with Crippen LogP contribution in [0.4, 0.5) is 4.39 Å². The Morgan fingerprint density at radius 1 is 1.16 bits per heavy atom. The van der Waals surface area contributed by atoms with Gasteiger partial charge in [-0.3, -0.25) is 4.98 Å². The van der Waals surface area contributed by atoms with Gasteiger partial charge in [0.2, 0.25) is 0 Å². The van der Waals surface area contributed by atoms with Gasteiger partial charge >= 0.3 is 0 Å². The summed E-state index contributed by atoms with van der Waals surface area (Å²) >= 11 is 3.38. The van der Waals surface area contributed by atoms with Crippen LogP contribution in [0.15, 0.2) is 28.9 Å². The molecule has 1 aliphatic rings. The lowest BCUT2D eigenvalue weighted by molar-refractivity contribution is 0.149. The zero-order chi connectivity index (χ0) is 13.2. The molecule has 0 spiro atoms. The number of ether oxygens (including phenoxy) is 1. The Morgan fingerprint density at radius 3 is 2.74 bits per heavy atom. The van der Waals surface area contributed by atoms with Crippen LogP contribution in [0.1, 0.15) is 32.1 Å². The van der Waals surface area contributed by atoms with E-state index in [-0.39, 0.29) is 11.9 Å². The molecule has 1 heterocycles. The standard InChI is InChI=1S/C15H15BrFNO/c16-11-6-10-7-15(13(17)8-14(10)18-9-11)19-12-4-2-1-3-5-12/h6-9,12H,1-5H2. The number of fused-ring (bicyclic) bond motifs is 1. The van der Waals surface area contributed by atoms with Gasteiger partial charge in [-0.2, -0.15) is 0 Å². The fourth-order valence-electron chi connectivity index (χ4n) is 2.56. The smallest absolute Gasteiger partial charge is 0.167 e. The van der Waals surface area contributed by atoms with Gasteiger partial charge in [-0.15, -0.1) is 0 Å². The van der Waals surface area contributed by atoms with Crippen LogP contribution >= 0.6 is 15.9 Å². The average molecular weight is 324 g/mol. The van der Waals surface area contributed by atoms with Gasteiger partial charge in [0.15, 0.2) is 11.6 Å². The van der Waals surface area contributed by atoms with Gasteiger partial charge in [-0.05, 0) is 53.7 Å². The summed E-state index contributed by atoms with van der Waals surface area (Å²) in [6, 6.07) is 5.12.